The highest BCUT2D eigenvalue weighted by Crippen LogP contribution is 2.19. The first-order valence-electron chi connectivity index (χ1n) is 6.61. The van der Waals surface area contributed by atoms with Crippen LogP contribution in [0, 0.1) is 0 Å². The van der Waals surface area contributed by atoms with Gasteiger partial charge >= 0.3 is 5.97 Å². The van der Waals surface area contributed by atoms with Gasteiger partial charge in [-0.25, -0.2) is 0 Å². The predicted molar refractivity (Wildman–Crippen MR) is 78.3 cm³/mol. The summed E-state index contributed by atoms with van der Waals surface area (Å²) in [5.74, 6) is -1.06. The molecule has 0 saturated heterocycles. The van der Waals surface area contributed by atoms with Crippen molar-refractivity contribution in [3.63, 3.8) is 0 Å². The van der Waals surface area contributed by atoms with E-state index >= 15 is 0 Å². The van der Waals surface area contributed by atoms with E-state index in [0.29, 0.717) is 5.56 Å². The van der Waals surface area contributed by atoms with Crippen molar-refractivity contribution in [3.05, 3.63) is 65.7 Å². The number of ketones is 1. The Kier molecular flexibility index (Phi) is 4.72. The summed E-state index contributed by atoms with van der Waals surface area (Å²) in [5, 5.41) is 9.22. The zero-order valence-corrected chi connectivity index (χ0v) is 11.7. The molecule has 0 unspecified atom stereocenters. The van der Waals surface area contributed by atoms with Crippen LogP contribution in [-0.4, -0.2) is 23.5 Å². The van der Waals surface area contributed by atoms with E-state index in [4.69, 9.17) is 4.74 Å². The highest BCUT2D eigenvalue weighted by Gasteiger charge is 2.18. The molecule has 0 bridgehead atoms. The Morgan fingerprint density at radius 2 is 1.67 bits per heavy atom. The van der Waals surface area contributed by atoms with Crippen LogP contribution in [0.4, 0.5) is 0 Å². The Bertz CT molecular complexity index is 617. The average Bonchev–Trinajstić information content (AvgIpc) is 2.53. The number of phenols is 1. The SMILES string of the molecule is C[C@H](C(=O)OCC(=O)c1ccccc1)c1ccc(O)cc1. The number of benzene rings is 2. The molecular weight excluding hydrogens is 268 g/mol. The third-order valence-corrected chi connectivity index (χ3v) is 3.19. The van der Waals surface area contributed by atoms with Gasteiger partial charge in [-0.15, -0.1) is 0 Å². The van der Waals surface area contributed by atoms with E-state index in [9.17, 15) is 14.7 Å². The number of esters is 1. The maximum absolute atomic E-state index is 11.9. The minimum atomic E-state index is -0.492. The molecular formula is C17H16O4. The topological polar surface area (TPSA) is 63.6 Å². The minimum absolute atomic E-state index is 0.138. The normalized spacial score (nSPS) is 11.7. The van der Waals surface area contributed by atoms with Crippen molar-refractivity contribution in [2.45, 2.75) is 12.8 Å². The van der Waals surface area contributed by atoms with Gasteiger partial charge in [-0.05, 0) is 24.6 Å². The van der Waals surface area contributed by atoms with Crippen LogP contribution in [-0.2, 0) is 9.53 Å². The van der Waals surface area contributed by atoms with Crippen LogP contribution in [0.1, 0.15) is 28.8 Å². The van der Waals surface area contributed by atoms with E-state index in [2.05, 4.69) is 0 Å². The molecule has 108 valence electrons. The maximum Gasteiger partial charge on any atom is 0.313 e. The summed E-state index contributed by atoms with van der Waals surface area (Å²) >= 11 is 0. The highest BCUT2D eigenvalue weighted by molar-refractivity contribution is 5.98. The number of phenolic OH excluding ortho intramolecular Hbond substituents is 1. The second kappa shape index (κ2) is 6.70. The van der Waals surface area contributed by atoms with Crippen LogP contribution in [0.3, 0.4) is 0 Å². The van der Waals surface area contributed by atoms with Crippen LogP contribution < -0.4 is 0 Å². The molecule has 0 amide bonds. The summed E-state index contributed by atoms with van der Waals surface area (Å²) in [4.78, 5) is 23.8. The van der Waals surface area contributed by atoms with Crippen LogP contribution >= 0.6 is 0 Å². The van der Waals surface area contributed by atoms with E-state index in [1.165, 1.54) is 12.1 Å². The highest BCUT2D eigenvalue weighted by atomic mass is 16.5. The average molecular weight is 284 g/mol. The Morgan fingerprint density at radius 3 is 2.29 bits per heavy atom. The van der Waals surface area contributed by atoms with E-state index in [0.717, 1.165) is 5.56 Å². The van der Waals surface area contributed by atoms with Gasteiger partial charge in [0.25, 0.3) is 0 Å². The molecule has 0 fully saturated rings. The summed E-state index contributed by atoms with van der Waals surface area (Å²) in [6.45, 7) is 1.42. The molecule has 1 N–H and O–H groups in total. The Morgan fingerprint density at radius 1 is 1.05 bits per heavy atom. The lowest BCUT2D eigenvalue weighted by Crippen LogP contribution is -2.18. The van der Waals surface area contributed by atoms with Crippen molar-refractivity contribution in [3.8, 4) is 5.75 Å². The molecule has 2 aromatic carbocycles. The molecule has 1 atom stereocenters. The molecule has 0 aliphatic heterocycles. The summed E-state index contributed by atoms with van der Waals surface area (Å²) in [6, 6.07) is 15.0. The molecule has 4 heteroatoms. The first-order chi connectivity index (χ1) is 10.1. The van der Waals surface area contributed by atoms with Crippen molar-refractivity contribution >= 4 is 11.8 Å². The molecule has 0 heterocycles. The molecule has 4 nitrogen and oxygen atoms in total. The number of aromatic hydroxyl groups is 1. The summed E-state index contributed by atoms with van der Waals surface area (Å²) < 4.78 is 5.05. The van der Waals surface area contributed by atoms with E-state index in [1.54, 1.807) is 43.3 Å². The van der Waals surface area contributed by atoms with Crippen molar-refractivity contribution in [2.75, 3.05) is 6.61 Å². The number of ether oxygens (including phenoxy) is 1. The first kappa shape index (κ1) is 14.8. The van der Waals surface area contributed by atoms with Crippen LogP contribution in [0.2, 0.25) is 0 Å². The Labute approximate surface area is 123 Å². The largest absolute Gasteiger partial charge is 0.508 e. The lowest BCUT2D eigenvalue weighted by Gasteiger charge is -2.11. The zero-order chi connectivity index (χ0) is 15.2. The number of carbonyl (C=O) groups is 2. The van der Waals surface area contributed by atoms with Crippen LogP contribution in [0.15, 0.2) is 54.6 Å². The van der Waals surface area contributed by atoms with Crippen molar-refractivity contribution in [2.24, 2.45) is 0 Å². The quantitative estimate of drug-likeness (QED) is 0.677. The number of Topliss-reactive ketones (excluding diaryl/α,β-unsaturated/α-hetero) is 1. The lowest BCUT2D eigenvalue weighted by molar-refractivity contribution is -0.143. The van der Waals surface area contributed by atoms with E-state index < -0.39 is 11.9 Å². The zero-order valence-electron chi connectivity index (χ0n) is 11.7. The van der Waals surface area contributed by atoms with Crippen molar-refractivity contribution < 1.29 is 19.4 Å². The number of hydrogen-bond donors (Lipinski definition) is 1. The fraction of sp³-hybridized carbons (Fsp3) is 0.176. The number of rotatable bonds is 5. The molecule has 2 rings (SSSR count). The van der Waals surface area contributed by atoms with Gasteiger partial charge in [0, 0.05) is 5.56 Å². The van der Waals surface area contributed by atoms with Gasteiger partial charge in [0.1, 0.15) is 5.75 Å². The third kappa shape index (κ3) is 3.92. The standard InChI is InChI=1S/C17H16O4/c1-12(13-7-9-15(18)10-8-13)17(20)21-11-16(19)14-5-3-2-4-6-14/h2-10,12,18H,11H2,1H3/t12-/m0/s1. The second-order valence-electron chi connectivity index (χ2n) is 4.71. The van der Waals surface area contributed by atoms with Gasteiger partial charge in [-0.2, -0.15) is 0 Å². The smallest absolute Gasteiger partial charge is 0.313 e. The van der Waals surface area contributed by atoms with Crippen LogP contribution in [0.5, 0.6) is 5.75 Å². The van der Waals surface area contributed by atoms with E-state index in [1.807, 2.05) is 6.07 Å². The second-order valence-corrected chi connectivity index (χ2v) is 4.71. The lowest BCUT2D eigenvalue weighted by atomic mass is 10.0. The summed E-state index contributed by atoms with van der Waals surface area (Å²) in [7, 11) is 0. The third-order valence-electron chi connectivity index (χ3n) is 3.19. The van der Waals surface area contributed by atoms with Gasteiger partial charge in [0.2, 0.25) is 0 Å². The molecule has 0 aromatic heterocycles. The maximum atomic E-state index is 11.9. The summed E-state index contributed by atoms with van der Waals surface area (Å²) in [6.07, 6.45) is 0. The predicted octanol–water partition coefficient (Wildman–Crippen LogP) is 2.92. The van der Waals surface area contributed by atoms with Crippen molar-refractivity contribution in [1.29, 1.82) is 0 Å². The number of carbonyl (C=O) groups excluding carboxylic acids is 2. The molecule has 0 saturated carbocycles. The van der Waals surface area contributed by atoms with Crippen molar-refractivity contribution in [1.82, 2.24) is 0 Å². The Balaban J connectivity index is 1.92. The summed E-state index contributed by atoms with van der Waals surface area (Å²) in [5.41, 5.74) is 1.24. The fourth-order valence-corrected chi connectivity index (χ4v) is 1.87. The Hall–Kier alpha value is -2.62. The molecule has 21 heavy (non-hydrogen) atoms. The molecule has 0 radical (unpaired) electrons. The van der Waals surface area contributed by atoms with Gasteiger partial charge < -0.3 is 9.84 Å². The van der Waals surface area contributed by atoms with Gasteiger partial charge in [-0.3, -0.25) is 9.59 Å². The fourth-order valence-electron chi connectivity index (χ4n) is 1.87. The first-order valence-corrected chi connectivity index (χ1v) is 6.61. The van der Waals surface area contributed by atoms with Gasteiger partial charge in [0.05, 0.1) is 5.92 Å². The molecule has 2 aromatic rings. The number of hydrogen-bond acceptors (Lipinski definition) is 4. The van der Waals surface area contributed by atoms with Crippen LogP contribution in [0.25, 0.3) is 0 Å². The molecule has 0 aliphatic rings. The van der Waals surface area contributed by atoms with Gasteiger partial charge in [-0.1, -0.05) is 42.5 Å². The van der Waals surface area contributed by atoms with E-state index in [-0.39, 0.29) is 18.1 Å². The monoisotopic (exact) mass is 284 g/mol. The molecule has 0 spiro atoms. The minimum Gasteiger partial charge on any atom is -0.508 e. The molecule has 0 aliphatic carbocycles. The van der Waals surface area contributed by atoms with Gasteiger partial charge in [0.15, 0.2) is 12.4 Å².